The number of amides is 2. The van der Waals surface area contributed by atoms with E-state index in [9.17, 15) is 9.59 Å². The number of likely N-dealkylation sites (tertiary alicyclic amines) is 2. The standard InChI is InChI=1S/C14H24N2O2.C12H20N2O2/c1-13(2,3)18-12(17)16-8-6-11(7-9-16)14(4,5)10-15;1-12(2,3)16-11(15)14-8-5-10(4-7-13)6-9-14/h11H,6-9H2,1-5H3;10H,4-6,8-9H2,1-3H3. The van der Waals surface area contributed by atoms with E-state index >= 15 is 0 Å². The van der Waals surface area contributed by atoms with E-state index in [0.717, 1.165) is 25.7 Å². The summed E-state index contributed by atoms with van der Waals surface area (Å²) in [5.41, 5.74) is -1.18. The second-order valence-corrected chi connectivity index (χ2v) is 11.8. The van der Waals surface area contributed by atoms with Crippen LogP contribution in [0.1, 0.15) is 87.5 Å². The SMILES string of the molecule is CC(C)(C)OC(=O)N1CCC(C(C)(C)C#N)CC1.CC(C)(C)OC(=O)N1CCC(CC#N)CC1. The summed E-state index contributed by atoms with van der Waals surface area (Å²) in [7, 11) is 0. The highest BCUT2D eigenvalue weighted by Gasteiger charge is 2.35. The van der Waals surface area contributed by atoms with E-state index in [1.807, 2.05) is 55.4 Å². The minimum atomic E-state index is -0.445. The Morgan fingerprint density at radius 1 is 0.765 bits per heavy atom. The van der Waals surface area contributed by atoms with Crippen molar-refractivity contribution in [2.75, 3.05) is 26.2 Å². The van der Waals surface area contributed by atoms with Gasteiger partial charge in [0.25, 0.3) is 0 Å². The van der Waals surface area contributed by atoms with Crippen molar-refractivity contribution in [2.24, 2.45) is 17.3 Å². The lowest BCUT2D eigenvalue weighted by atomic mass is 9.75. The molecule has 34 heavy (non-hydrogen) atoms. The summed E-state index contributed by atoms with van der Waals surface area (Å²) in [5, 5.41) is 17.7. The molecular weight excluding hydrogens is 432 g/mol. The predicted octanol–water partition coefficient (Wildman–Crippen LogP) is 5.73. The molecule has 0 N–H and O–H groups in total. The fraction of sp³-hybridized carbons (Fsp3) is 0.846. The Bertz CT molecular complexity index is 752. The highest BCUT2D eigenvalue weighted by Crippen LogP contribution is 2.34. The van der Waals surface area contributed by atoms with Crippen LogP contribution in [0.3, 0.4) is 0 Å². The third kappa shape index (κ3) is 10.6. The third-order valence-electron chi connectivity index (χ3n) is 6.10. The Kier molecular flexibility index (Phi) is 10.7. The van der Waals surface area contributed by atoms with Crippen molar-refractivity contribution in [1.82, 2.24) is 9.80 Å². The summed E-state index contributed by atoms with van der Waals surface area (Å²) in [6.07, 6.45) is 3.69. The highest BCUT2D eigenvalue weighted by atomic mass is 16.6. The summed E-state index contributed by atoms with van der Waals surface area (Å²) in [6.45, 7) is 18.0. The topological polar surface area (TPSA) is 107 Å². The van der Waals surface area contributed by atoms with Crippen molar-refractivity contribution in [1.29, 1.82) is 10.5 Å². The number of carbonyl (C=O) groups excluding carboxylic acids is 2. The molecule has 0 atom stereocenters. The molecule has 8 heteroatoms. The van der Waals surface area contributed by atoms with E-state index in [1.54, 1.807) is 9.80 Å². The van der Waals surface area contributed by atoms with Crippen molar-refractivity contribution in [2.45, 2.75) is 98.7 Å². The van der Waals surface area contributed by atoms with Crippen LogP contribution in [0.25, 0.3) is 0 Å². The quantitative estimate of drug-likeness (QED) is 0.504. The molecule has 2 aliphatic rings. The number of hydrogen-bond acceptors (Lipinski definition) is 6. The molecule has 0 spiro atoms. The van der Waals surface area contributed by atoms with Crippen LogP contribution < -0.4 is 0 Å². The van der Waals surface area contributed by atoms with Gasteiger partial charge >= 0.3 is 12.2 Å². The summed E-state index contributed by atoms with van der Waals surface area (Å²) < 4.78 is 10.6. The maximum atomic E-state index is 11.9. The molecule has 2 heterocycles. The van der Waals surface area contributed by atoms with Crippen molar-refractivity contribution < 1.29 is 19.1 Å². The highest BCUT2D eigenvalue weighted by molar-refractivity contribution is 5.68. The monoisotopic (exact) mass is 476 g/mol. The Balaban J connectivity index is 0.000000342. The molecule has 2 amide bonds. The number of rotatable bonds is 2. The number of piperidine rings is 2. The Morgan fingerprint density at radius 3 is 1.47 bits per heavy atom. The molecule has 2 aliphatic heterocycles. The Labute approximate surface area is 206 Å². The fourth-order valence-electron chi connectivity index (χ4n) is 3.98. The van der Waals surface area contributed by atoms with E-state index in [4.69, 9.17) is 20.0 Å². The van der Waals surface area contributed by atoms with Gasteiger partial charge in [0.1, 0.15) is 11.2 Å². The minimum absolute atomic E-state index is 0.233. The van der Waals surface area contributed by atoms with Crippen LogP contribution in [0.5, 0.6) is 0 Å². The van der Waals surface area contributed by atoms with Gasteiger partial charge in [-0.15, -0.1) is 0 Å². The number of hydrogen-bond donors (Lipinski definition) is 0. The van der Waals surface area contributed by atoms with Crippen LogP contribution in [0.4, 0.5) is 9.59 Å². The van der Waals surface area contributed by atoms with Crippen LogP contribution in [0.2, 0.25) is 0 Å². The second kappa shape index (κ2) is 12.3. The number of nitrogens with zero attached hydrogens (tertiary/aromatic N) is 4. The Morgan fingerprint density at radius 2 is 1.15 bits per heavy atom. The average Bonchev–Trinajstić information content (AvgIpc) is 2.72. The first-order chi connectivity index (χ1) is 15.6. The van der Waals surface area contributed by atoms with Gasteiger partial charge in [-0.3, -0.25) is 0 Å². The van der Waals surface area contributed by atoms with Gasteiger partial charge in [-0.25, -0.2) is 9.59 Å². The molecule has 2 fully saturated rings. The molecule has 2 saturated heterocycles. The molecule has 0 aliphatic carbocycles. The van der Waals surface area contributed by atoms with Crippen molar-refractivity contribution in [3.05, 3.63) is 0 Å². The molecule has 0 radical (unpaired) electrons. The van der Waals surface area contributed by atoms with Crippen LogP contribution in [-0.2, 0) is 9.47 Å². The fourth-order valence-corrected chi connectivity index (χ4v) is 3.98. The first-order valence-corrected chi connectivity index (χ1v) is 12.3. The van der Waals surface area contributed by atoms with E-state index in [2.05, 4.69) is 12.1 Å². The molecule has 0 bridgehead atoms. The lowest BCUT2D eigenvalue weighted by Gasteiger charge is -2.37. The van der Waals surface area contributed by atoms with Crippen LogP contribution in [-0.4, -0.2) is 59.4 Å². The van der Waals surface area contributed by atoms with Gasteiger partial charge in [0.15, 0.2) is 0 Å². The maximum absolute atomic E-state index is 11.9. The first kappa shape index (κ1) is 29.6. The van der Waals surface area contributed by atoms with E-state index in [-0.39, 0.29) is 17.6 Å². The largest absolute Gasteiger partial charge is 0.444 e. The summed E-state index contributed by atoms with van der Waals surface area (Å²) >= 11 is 0. The molecule has 0 unspecified atom stereocenters. The van der Waals surface area contributed by atoms with Gasteiger partial charge < -0.3 is 19.3 Å². The van der Waals surface area contributed by atoms with Crippen LogP contribution in [0, 0.1) is 39.9 Å². The third-order valence-corrected chi connectivity index (χ3v) is 6.10. The molecule has 0 aromatic carbocycles. The van der Waals surface area contributed by atoms with E-state index in [0.29, 0.717) is 44.4 Å². The van der Waals surface area contributed by atoms with Gasteiger partial charge in [0, 0.05) is 32.6 Å². The summed E-state index contributed by atoms with van der Waals surface area (Å²) in [5.74, 6) is 0.810. The zero-order valence-electron chi connectivity index (χ0n) is 22.4. The number of nitriles is 2. The molecule has 0 saturated carbocycles. The second-order valence-electron chi connectivity index (χ2n) is 11.8. The van der Waals surface area contributed by atoms with Crippen molar-refractivity contribution in [3.63, 3.8) is 0 Å². The van der Waals surface area contributed by atoms with E-state index in [1.165, 1.54) is 0 Å². The predicted molar refractivity (Wildman–Crippen MR) is 131 cm³/mol. The lowest BCUT2D eigenvalue weighted by Crippen LogP contribution is -2.44. The molecule has 192 valence electrons. The Hall–Kier alpha value is -2.48. The van der Waals surface area contributed by atoms with Crippen molar-refractivity contribution in [3.8, 4) is 12.1 Å². The van der Waals surface area contributed by atoms with Gasteiger partial charge in [-0.1, -0.05) is 0 Å². The van der Waals surface area contributed by atoms with E-state index < -0.39 is 11.2 Å². The molecule has 2 rings (SSSR count). The zero-order valence-corrected chi connectivity index (χ0v) is 22.4. The summed E-state index contributed by atoms with van der Waals surface area (Å²) in [6, 6.07) is 4.54. The summed E-state index contributed by atoms with van der Waals surface area (Å²) in [4.78, 5) is 27.1. The van der Waals surface area contributed by atoms with Gasteiger partial charge in [-0.05, 0) is 92.9 Å². The first-order valence-electron chi connectivity index (χ1n) is 12.3. The lowest BCUT2D eigenvalue weighted by molar-refractivity contribution is 0.0143. The molecule has 0 aromatic heterocycles. The average molecular weight is 477 g/mol. The van der Waals surface area contributed by atoms with Gasteiger partial charge in [0.05, 0.1) is 17.6 Å². The zero-order chi connectivity index (χ0) is 26.2. The van der Waals surface area contributed by atoms with Crippen LogP contribution in [0.15, 0.2) is 0 Å². The number of ether oxygens (including phenoxy) is 2. The minimum Gasteiger partial charge on any atom is -0.444 e. The normalized spacial score (nSPS) is 18.2. The molecule has 0 aromatic rings. The smallest absolute Gasteiger partial charge is 0.410 e. The van der Waals surface area contributed by atoms with Gasteiger partial charge in [0.2, 0.25) is 0 Å². The van der Waals surface area contributed by atoms with Gasteiger partial charge in [-0.2, -0.15) is 10.5 Å². The molecule has 8 nitrogen and oxygen atoms in total. The van der Waals surface area contributed by atoms with Crippen molar-refractivity contribution >= 4 is 12.2 Å². The molecular formula is C26H44N4O4. The number of carbonyl (C=O) groups is 2. The maximum Gasteiger partial charge on any atom is 0.410 e. The van der Waals surface area contributed by atoms with Crippen LogP contribution >= 0.6 is 0 Å².